The monoisotopic (exact) mass is 172 g/mol. The smallest absolute Gasteiger partial charge is 0.0573 e. The van der Waals surface area contributed by atoms with Crippen molar-refractivity contribution in [1.29, 1.82) is 0 Å². The Morgan fingerprint density at radius 2 is 1.50 bits per heavy atom. The van der Waals surface area contributed by atoms with Gasteiger partial charge in [0.15, 0.2) is 0 Å². The van der Waals surface area contributed by atoms with Crippen molar-refractivity contribution in [3.63, 3.8) is 0 Å². The average Bonchev–Trinajstić information content (AvgIpc) is 1.82. The molecule has 0 heterocycles. The van der Waals surface area contributed by atoms with E-state index in [1.54, 1.807) is 0 Å². The number of rotatable bonds is 3. The van der Waals surface area contributed by atoms with Crippen LogP contribution in [0.15, 0.2) is 0 Å². The van der Waals surface area contributed by atoms with Gasteiger partial charge >= 0.3 is 0 Å². The molecule has 0 fully saturated rings. The molecule has 0 aliphatic heterocycles. The van der Waals surface area contributed by atoms with E-state index in [1.165, 1.54) is 0 Å². The highest BCUT2D eigenvalue weighted by atomic mass is 16.3. The molecule has 1 heteroatoms. The van der Waals surface area contributed by atoms with Gasteiger partial charge < -0.3 is 5.11 Å². The van der Waals surface area contributed by atoms with E-state index in [0.29, 0.717) is 11.8 Å². The first-order valence-electron chi connectivity index (χ1n) is 4.93. The van der Waals surface area contributed by atoms with Crippen LogP contribution in [0, 0.1) is 17.3 Å². The normalized spacial score (nSPS) is 18.0. The van der Waals surface area contributed by atoms with Crippen LogP contribution in [-0.4, -0.2) is 11.2 Å². The Bertz CT molecular complexity index is 121. The van der Waals surface area contributed by atoms with E-state index < -0.39 is 0 Å². The van der Waals surface area contributed by atoms with E-state index >= 15 is 0 Å². The molecule has 0 spiro atoms. The molecule has 1 nitrogen and oxygen atoms in total. The fourth-order valence-electron chi connectivity index (χ4n) is 1.26. The molecule has 1 N–H and O–H groups in total. The highest BCUT2D eigenvalue weighted by molar-refractivity contribution is 4.77. The predicted molar refractivity (Wildman–Crippen MR) is 54.1 cm³/mol. The molecule has 0 bridgehead atoms. The van der Waals surface area contributed by atoms with Crippen LogP contribution in [-0.2, 0) is 0 Å². The molecule has 0 amide bonds. The van der Waals surface area contributed by atoms with Crippen LogP contribution in [0.3, 0.4) is 0 Å². The Morgan fingerprint density at radius 3 is 1.75 bits per heavy atom. The first kappa shape index (κ1) is 12.0. The molecule has 2 atom stereocenters. The van der Waals surface area contributed by atoms with Gasteiger partial charge in [0.1, 0.15) is 0 Å². The second-order valence-corrected chi connectivity index (χ2v) is 5.35. The third-order valence-corrected chi connectivity index (χ3v) is 2.66. The molecule has 0 saturated carbocycles. The Kier molecular flexibility index (Phi) is 4.25. The lowest BCUT2D eigenvalue weighted by Gasteiger charge is -2.32. The average molecular weight is 172 g/mol. The van der Waals surface area contributed by atoms with E-state index in [2.05, 4.69) is 41.5 Å². The minimum absolute atomic E-state index is 0.148. The topological polar surface area (TPSA) is 20.2 Å². The van der Waals surface area contributed by atoms with Gasteiger partial charge in [-0.25, -0.2) is 0 Å². The highest BCUT2D eigenvalue weighted by Crippen LogP contribution is 2.30. The van der Waals surface area contributed by atoms with E-state index in [-0.39, 0.29) is 11.5 Å². The molecule has 0 saturated heterocycles. The molecule has 0 radical (unpaired) electrons. The van der Waals surface area contributed by atoms with Gasteiger partial charge in [0, 0.05) is 0 Å². The SMILES string of the molecule is CC(C)CC(O)C(C)C(C)(C)C. The van der Waals surface area contributed by atoms with E-state index in [9.17, 15) is 5.11 Å². The first-order valence-corrected chi connectivity index (χ1v) is 4.93. The maximum absolute atomic E-state index is 9.82. The standard InChI is InChI=1S/C11H24O/c1-8(2)7-10(12)9(3)11(4,5)6/h8-10,12H,7H2,1-6H3. The summed E-state index contributed by atoms with van der Waals surface area (Å²) in [7, 11) is 0. The zero-order valence-corrected chi connectivity index (χ0v) is 9.39. The third-order valence-electron chi connectivity index (χ3n) is 2.66. The summed E-state index contributed by atoms with van der Waals surface area (Å²) >= 11 is 0. The van der Waals surface area contributed by atoms with Crippen LogP contribution < -0.4 is 0 Å². The minimum atomic E-state index is -0.148. The van der Waals surface area contributed by atoms with Crippen molar-refractivity contribution < 1.29 is 5.11 Å². The van der Waals surface area contributed by atoms with Gasteiger partial charge in [0.25, 0.3) is 0 Å². The van der Waals surface area contributed by atoms with Gasteiger partial charge in [0.05, 0.1) is 6.10 Å². The number of hydrogen-bond acceptors (Lipinski definition) is 1. The zero-order chi connectivity index (χ0) is 9.94. The molecule has 0 aromatic heterocycles. The molecule has 0 rings (SSSR count). The molecule has 2 unspecified atom stereocenters. The molecule has 0 aromatic rings. The summed E-state index contributed by atoms with van der Waals surface area (Å²) in [6.07, 6.45) is 0.767. The summed E-state index contributed by atoms with van der Waals surface area (Å²) in [5, 5.41) is 9.82. The summed E-state index contributed by atoms with van der Waals surface area (Å²) in [5.74, 6) is 0.963. The molecular formula is C11H24O. The Morgan fingerprint density at radius 1 is 1.08 bits per heavy atom. The summed E-state index contributed by atoms with van der Waals surface area (Å²) in [6.45, 7) is 13.0. The molecular weight excluding hydrogens is 148 g/mol. The Labute approximate surface area is 77.2 Å². The van der Waals surface area contributed by atoms with E-state index in [0.717, 1.165) is 6.42 Å². The molecule has 12 heavy (non-hydrogen) atoms. The maximum Gasteiger partial charge on any atom is 0.0573 e. The Hall–Kier alpha value is -0.0400. The number of hydrogen-bond donors (Lipinski definition) is 1. The summed E-state index contributed by atoms with van der Waals surface area (Å²) < 4.78 is 0. The van der Waals surface area contributed by atoms with Gasteiger partial charge in [-0.15, -0.1) is 0 Å². The lowest BCUT2D eigenvalue weighted by atomic mass is 9.77. The fraction of sp³-hybridized carbons (Fsp3) is 1.00. The highest BCUT2D eigenvalue weighted by Gasteiger charge is 2.26. The second-order valence-electron chi connectivity index (χ2n) is 5.35. The van der Waals surface area contributed by atoms with Crippen molar-refractivity contribution in [2.75, 3.05) is 0 Å². The fourth-order valence-corrected chi connectivity index (χ4v) is 1.26. The lowest BCUT2D eigenvalue weighted by molar-refractivity contribution is 0.0390. The van der Waals surface area contributed by atoms with Crippen molar-refractivity contribution in [1.82, 2.24) is 0 Å². The summed E-state index contributed by atoms with van der Waals surface area (Å²) in [4.78, 5) is 0. The first-order chi connectivity index (χ1) is 5.25. The van der Waals surface area contributed by atoms with Crippen LogP contribution in [0.5, 0.6) is 0 Å². The predicted octanol–water partition coefficient (Wildman–Crippen LogP) is 3.08. The molecule has 0 aliphatic rings. The quantitative estimate of drug-likeness (QED) is 0.693. The van der Waals surface area contributed by atoms with Crippen molar-refractivity contribution >= 4 is 0 Å². The lowest BCUT2D eigenvalue weighted by Crippen LogP contribution is -2.30. The molecule has 74 valence electrons. The zero-order valence-electron chi connectivity index (χ0n) is 9.39. The van der Waals surface area contributed by atoms with Crippen LogP contribution >= 0.6 is 0 Å². The van der Waals surface area contributed by atoms with E-state index in [1.807, 2.05) is 0 Å². The minimum Gasteiger partial charge on any atom is -0.393 e. The number of aliphatic hydroxyl groups excluding tert-OH is 1. The number of aliphatic hydroxyl groups is 1. The van der Waals surface area contributed by atoms with Gasteiger partial charge in [-0.3, -0.25) is 0 Å². The summed E-state index contributed by atoms with van der Waals surface area (Å²) in [6, 6.07) is 0. The largest absolute Gasteiger partial charge is 0.393 e. The van der Waals surface area contributed by atoms with Crippen LogP contribution in [0.25, 0.3) is 0 Å². The maximum atomic E-state index is 9.82. The molecule has 0 aromatic carbocycles. The van der Waals surface area contributed by atoms with Crippen molar-refractivity contribution in [3.05, 3.63) is 0 Å². The van der Waals surface area contributed by atoms with Crippen molar-refractivity contribution in [3.8, 4) is 0 Å². The van der Waals surface area contributed by atoms with Crippen molar-refractivity contribution in [2.45, 2.75) is 54.1 Å². The van der Waals surface area contributed by atoms with Gasteiger partial charge in [-0.2, -0.15) is 0 Å². The third kappa shape index (κ3) is 4.10. The van der Waals surface area contributed by atoms with Gasteiger partial charge in [-0.1, -0.05) is 41.5 Å². The van der Waals surface area contributed by atoms with E-state index in [4.69, 9.17) is 0 Å². The van der Waals surface area contributed by atoms with Crippen LogP contribution in [0.4, 0.5) is 0 Å². The van der Waals surface area contributed by atoms with Crippen molar-refractivity contribution in [2.24, 2.45) is 17.3 Å². The molecule has 0 aliphatic carbocycles. The van der Waals surface area contributed by atoms with Crippen LogP contribution in [0.2, 0.25) is 0 Å². The van der Waals surface area contributed by atoms with Gasteiger partial charge in [-0.05, 0) is 23.7 Å². The van der Waals surface area contributed by atoms with Gasteiger partial charge in [0.2, 0.25) is 0 Å². The Balaban J connectivity index is 4.01. The van der Waals surface area contributed by atoms with Crippen LogP contribution in [0.1, 0.15) is 48.0 Å². The second kappa shape index (κ2) is 4.27. The summed E-state index contributed by atoms with van der Waals surface area (Å²) in [5.41, 5.74) is 0.217.